The Morgan fingerprint density at radius 3 is 2.43 bits per heavy atom. The van der Waals surface area contributed by atoms with E-state index >= 15 is 0 Å². The van der Waals surface area contributed by atoms with Crippen LogP contribution in [0.1, 0.15) is 52.5 Å². The molecule has 2 aromatic rings. The van der Waals surface area contributed by atoms with Crippen molar-refractivity contribution in [2.24, 2.45) is 0 Å². The van der Waals surface area contributed by atoms with Crippen LogP contribution in [0.5, 0.6) is 5.75 Å². The molecule has 1 atom stereocenters. The molecule has 3 nitrogen and oxygen atoms in total. The topological polar surface area (TPSA) is 38.3 Å². The Hall–Kier alpha value is -2.29. The van der Waals surface area contributed by atoms with Crippen LogP contribution in [0.3, 0.4) is 0 Å². The van der Waals surface area contributed by atoms with E-state index in [-0.39, 0.29) is 11.9 Å². The molecule has 0 aromatic heterocycles. The number of carbonyl (C=O) groups is 1. The standard InChI is InChI=1S/C20H25NO2/c1-6-23-19-10-8-17(12-15(19)4)20(22)21-16(5)18-9-7-13(2)11-14(18)3/h7-12,16H,6H2,1-5H3,(H,21,22). The first-order chi connectivity index (χ1) is 10.9. The predicted octanol–water partition coefficient (Wildman–Crippen LogP) is 4.50. The van der Waals surface area contributed by atoms with Crippen molar-refractivity contribution in [1.29, 1.82) is 0 Å². The zero-order valence-corrected chi connectivity index (χ0v) is 14.6. The second kappa shape index (κ2) is 7.32. The second-order valence-corrected chi connectivity index (χ2v) is 5.97. The summed E-state index contributed by atoms with van der Waals surface area (Å²) in [5.41, 5.74) is 5.19. The van der Waals surface area contributed by atoms with Gasteiger partial charge in [0.25, 0.3) is 5.91 Å². The van der Waals surface area contributed by atoms with Gasteiger partial charge in [0.05, 0.1) is 12.6 Å². The van der Waals surface area contributed by atoms with Gasteiger partial charge in [-0.3, -0.25) is 4.79 Å². The molecule has 0 bridgehead atoms. The van der Waals surface area contributed by atoms with Crippen LogP contribution in [0.25, 0.3) is 0 Å². The molecule has 0 aliphatic rings. The van der Waals surface area contributed by atoms with Gasteiger partial charge in [0, 0.05) is 5.56 Å². The van der Waals surface area contributed by atoms with Crippen LogP contribution in [-0.2, 0) is 0 Å². The van der Waals surface area contributed by atoms with Crippen molar-refractivity contribution in [1.82, 2.24) is 5.32 Å². The van der Waals surface area contributed by atoms with Crippen LogP contribution in [0.2, 0.25) is 0 Å². The molecule has 0 saturated heterocycles. The minimum Gasteiger partial charge on any atom is -0.494 e. The number of amides is 1. The Balaban J connectivity index is 2.13. The summed E-state index contributed by atoms with van der Waals surface area (Å²) in [6.45, 7) is 10.7. The smallest absolute Gasteiger partial charge is 0.251 e. The van der Waals surface area contributed by atoms with Crippen LogP contribution < -0.4 is 10.1 Å². The lowest BCUT2D eigenvalue weighted by atomic mass is 10.00. The molecule has 1 unspecified atom stereocenters. The van der Waals surface area contributed by atoms with Gasteiger partial charge in [-0.2, -0.15) is 0 Å². The van der Waals surface area contributed by atoms with Gasteiger partial charge in [-0.25, -0.2) is 0 Å². The van der Waals surface area contributed by atoms with E-state index < -0.39 is 0 Å². The van der Waals surface area contributed by atoms with E-state index in [1.165, 1.54) is 11.1 Å². The maximum absolute atomic E-state index is 12.5. The number of ether oxygens (including phenoxy) is 1. The fourth-order valence-corrected chi connectivity index (χ4v) is 2.78. The summed E-state index contributed by atoms with van der Waals surface area (Å²) >= 11 is 0. The van der Waals surface area contributed by atoms with Crippen molar-refractivity contribution >= 4 is 5.91 Å². The average molecular weight is 311 g/mol. The maximum atomic E-state index is 12.5. The zero-order valence-electron chi connectivity index (χ0n) is 14.6. The van der Waals surface area contributed by atoms with Gasteiger partial charge in [0.15, 0.2) is 0 Å². The van der Waals surface area contributed by atoms with Crippen molar-refractivity contribution in [2.75, 3.05) is 6.61 Å². The number of rotatable bonds is 5. The van der Waals surface area contributed by atoms with E-state index in [4.69, 9.17) is 4.74 Å². The van der Waals surface area contributed by atoms with Crippen molar-refractivity contribution in [3.63, 3.8) is 0 Å². The van der Waals surface area contributed by atoms with Crippen LogP contribution in [0.15, 0.2) is 36.4 Å². The van der Waals surface area contributed by atoms with E-state index in [2.05, 4.69) is 37.4 Å². The quantitative estimate of drug-likeness (QED) is 0.883. The number of aryl methyl sites for hydroxylation is 3. The molecule has 1 N–H and O–H groups in total. The summed E-state index contributed by atoms with van der Waals surface area (Å²) in [5, 5.41) is 3.07. The first-order valence-corrected chi connectivity index (χ1v) is 8.03. The predicted molar refractivity (Wildman–Crippen MR) is 94.1 cm³/mol. The average Bonchev–Trinajstić information content (AvgIpc) is 2.49. The molecule has 0 heterocycles. The Morgan fingerprint density at radius 1 is 1.09 bits per heavy atom. The molecule has 2 aromatic carbocycles. The number of hydrogen-bond acceptors (Lipinski definition) is 2. The summed E-state index contributed by atoms with van der Waals surface area (Å²) in [6.07, 6.45) is 0. The highest BCUT2D eigenvalue weighted by molar-refractivity contribution is 5.94. The highest BCUT2D eigenvalue weighted by Gasteiger charge is 2.14. The van der Waals surface area contributed by atoms with E-state index in [9.17, 15) is 4.79 Å². The van der Waals surface area contributed by atoms with Crippen molar-refractivity contribution in [3.8, 4) is 5.75 Å². The summed E-state index contributed by atoms with van der Waals surface area (Å²) in [6, 6.07) is 11.8. The molecule has 0 fully saturated rings. The molecule has 0 aliphatic heterocycles. The summed E-state index contributed by atoms with van der Waals surface area (Å²) < 4.78 is 5.52. The van der Waals surface area contributed by atoms with Gasteiger partial charge >= 0.3 is 0 Å². The number of benzene rings is 2. The second-order valence-electron chi connectivity index (χ2n) is 5.97. The van der Waals surface area contributed by atoms with Crippen LogP contribution in [0.4, 0.5) is 0 Å². The number of hydrogen-bond donors (Lipinski definition) is 1. The third-order valence-corrected chi connectivity index (χ3v) is 3.98. The lowest BCUT2D eigenvalue weighted by Gasteiger charge is -2.17. The van der Waals surface area contributed by atoms with Gasteiger partial charge in [0.1, 0.15) is 5.75 Å². The highest BCUT2D eigenvalue weighted by atomic mass is 16.5. The molecule has 2 rings (SSSR count). The third kappa shape index (κ3) is 4.13. The van der Waals surface area contributed by atoms with Gasteiger partial charge in [0.2, 0.25) is 0 Å². The summed E-state index contributed by atoms with van der Waals surface area (Å²) in [5.74, 6) is 0.759. The van der Waals surface area contributed by atoms with Gasteiger partial charge in [-0.1, -0.05) is 23.8 Å². The van der Waals surface area contributed by atoms with Gasteiger partial charge in [-0.05, 0) is 69.5 Å². The minimum absolute atomic E-state index is 0.0324. The molecule has 0 radical (unpaired) electrons. The zero-order chi connectivity index (χ0) is 17.0. The Bertz CT molecular complexity index is 707. The molecule has 3 heteroatoms. The Kier molecular flexibility index (Phi) is 5.43. The number of carbonyl (C=O) groups excluding carboxylic acids is 1. The highest BCUT2D eigenvalue weighted by Crippen LogP contribution is 2.21. The lowest BCUT2D eigenvalue weighted by Crippen LogP contribution is -2.27. The third-order valence-electron chi connectivity index (χ3n) is 3.98. The largest absolute Gasteiger partial charge is 0.494 e. The molecule has 0 spiro atoms. The lowest BCUT2D eigenvalue weighted by molar-refractivity contribution is 0.0939. The minimum atomic E-state index is -0.0661. The maximum Gasteiger partial charge on any atom is 0.251 e. The molecular weight excluding hydrogens is 286 g/mol. The molecule has 0 aliphatic carbocycles. The first-order valence-electron chi connectivity index (χ1n) is 8.03. The van der Waals surface area contributed by atoms with E-state index in [1.807, 2.05) is 39.0 Å². The monoisotopic (exact) mass is 311 g/mol. The fraction of sp³-hybridized carbons (Fsp3) is 0.350. The van der Waals surface area contributed by atoms with Gasteiger partial charge < -0.3 is 10.1 Å². The van der Waals surface area contributed by atoms with Crippen molar-refractivity contribution in [2.45, 2.75) is 40.7 Å². The van der Waals surface area contributed by atoms with Gasteiger partial charge in [-0.15, -0.1) is 0 Å². The SMILES string of the molecule is CCOc1ccc(C(=O)NC(C)c2ccc(C)cc2C)cc1C. The Morgan fingerprint density at radius 2 is 1.83 bits per heavy atom. The first kappa shape index (κ1) is 17.1. The van der Waals surface area contributed by atoms with Crippen molar-refractivity contribution in [3.05, 3.63) is 64.2 Å². The molecule has 0 saturated carbocycles. The Labute approximate surface area is 138 Å². The van der Waals surface area contributed by atoms with Crippen molar-refractivity contribution < 1.29 is 9.53 Å². The molecular formula is C20H25NO2. The van der Waals surface area contributed by atoms with E-state index in [0.29, 0.717) is 12.2 Å². The molecule has 23 heavy (non-hydrogen) atoms. The molecule has 1 amide bonds. The van der Waals surface area contributed by atoms with Crippen LogP contribution in [0, 0.1) is 20.8 Å². The summed E-state index contributed by atoms with van der Waals surface area (Å²) in [7, 11) is 0. The van der Waals surface area contributed by atoms with Crippen LogP contribution in [-0.4, -0.2) is 12.5 Å². The summed E-state index contributed by atoms with van der Waals surface area (Å²) in [4.78, 5) is 12.5. The molecule has 122 valence electrons. The van der Waals surface area contributed by atoms with E-state index in [0.717, 1.165) is 16.9 Å². The normalized spacial score (nSPS) is 11.9. The fourth-order valence-electron chi connectivity index (χ4n) is 2.78. The van der Waals surface area contributed by atoms with Crippen LogP contribution >= 0.6 is 0 Å². The number of nitrogens with one attached hydrogen (secondary N) is 1. The van der Waals surface area contributed by atoms with E-state index in [1.54, 1.807) is 0 Å².